The molecule has 0 aromatic carbocycles. The lowest BCUT2D eigenvalue weighted by Gasteiger charge is -2.00. The van der Waals surface area contributed by atoms with Crippen LogP contribution in [0.2, 0.25) is 0 Å². The van der Waals surface area contributed by atoms with Crippen molar-refractivity contribution in [3.05, 3.63) is 22.1 Å². The summed E-state index contributed by atoms with van der Waals surface area (Å²) in [6, 6.07) is 0. The molecule has 0 atom stereocenters. The molecule has 1 rings (SSSR count). The van der Waals surface area contributed by atoms with Crippen molar-refractivity contribution in [1.82, 2.24) is 9.97 Å². The normalized spacial score (nSPS) is 9.62. The number of H-pyrrole nitrogens is 1. The van der Waals surface area contributed by atoms with Gasteiger partial charge in [0.15, 0.2) is 0 Å². The molecule has 0 fully saturated rings. The summed E-state index contributed by atoms with van der Waals surface area (Å²) in [5, 5.41) is 10.8. The third-order valence-electron chi connectivity index (χ3n) is 1.38. The van der Waals surface area contributed by atoms with Crippen LogP contribution < -0.4 is 10.9 Å². The van der Waals surface area contributed by atoms with Gasteiger partial charge >= 0.3 is 5.97 Å². The first-order chi connectivity index (χ1) is 6.09. The highest BCUT2D eigenvalue weighted by Crippen LogP contribution is 1.92. The molecule has 6 heteroatoms. The van der Waals surface area contributed by atoms with Gasteiger partial charge in [0.05, 0.1) is 0 Å². The van der Waals surface area contributed by atoms with Crippen LogP contribution in [0.5, 0.6) is 0 Å². The fraction of sp³-hybridized carbons (Fsp3) is 0.286. The zero-order valence-electron chi connectivity index (χ0n) is 7.00. The number of carboxylic acids is 1. The second-order valence-corrected chi connectivity index (χ2v) is 2.49. The lowest BCUT2D eigenvalue weighted by Crippen LogP contribution is -2.18. The van der Waals surface area contributed by atoms with Crippen LogP contribution in [0.4, 0.5) is 5.95 Å². The quantitative estimate of drug-likeness (QED) is 0.591. The Morgan fingerprint density at radius 3 is 3.00 bits per heavy atom. The molecule has 1 heterocycles. The summed E-state index contributed by atoms with van der Waals surface area (Å²) in [6.45, 7) is 1.35. The number of hydrogen-bond acceptors (Lipinski definition) is 4. The molecule has 0 aliphatic carbocycles. The van der Waals surface area contributed by atoms with Crippen molar-refractivity contribution in [2.24, 2.45) is 0 Å². The summed E-state index contributed by atoms with van der Waals surface area (Å²) in [4.78, 5) is 27.3. The van der Waals surface area contributed by atoms with Gasteiger partial charge in [-0.2, -0.15) is 0 Å². The Balaban J connectivity index is 2.74. The molecule has 0 bridgehead atoms. The molecular formula is C7H9N3O3. The van der Waals surface area contributed by atoms with Crippen molar-refractivity contribution < 1.29 is 9.90 Å². The van der Waals surface area contributed by atoms with Crippen molar-refractivity contribution in [2.75, 3.05) is 11.9 Å². The maximum absolute atomic E-state index is 11.0. The van der Waals surface area contributed by atoms with Crippen LogP contribution >= 0.6 is 0 Å². The van der Waals surface area contributed by atoms with Crippen molar-refractivity contribution in [1.29, 1.82) is 0 Å². The summed E-state index contributed by atoms with van der Waals surface area (Å²) in [5.41, 5.74) is 0.212. The van der Waals surface area contributed by atoms with Gasteiger partial charge in [-0.05, 0) is 6.92 Å². The van der Waals surface area contributed by atoms with Crippen LogP contribution in [0.15, 0.2) is 11.0 Å². The summed E-state index contributed by atoms with van der Waals surface area (Å²) in [7, 11) is 0. The number of anilines is 1. The van der Waals surface area contributed by atoms with Gasteiger partial charge in [0.2, 0.25) is 5.95 Å². The number of nitrogens with one attached hydrogen (secondary N) is 2. The summed E-state index contributed by atoms with van der Waals surface area (Å²) in [6.07, 6.45) is 1.38. The second kappa shape index (κ2) is 3.70. The fourth-order valence-corrected chi connectivity index (χ4v) is 0.708. The lowest BCUT2D eigenvalue weighted by molar-refractivity contribution is -0.134. The largest absolute Gasteiger partial charge is 0.480 e. The number of carboxylic acid groups (broad SMARTS) is 1. The first-order valence-electron chi connectivity index (χ1n) is 3.61. The van der Waals surface area contributed by atoms with Gasteiger partial charge in [-0.1, -0.05) is 0 Å². The van der Waals surface area contributed by atoms with E-state index in [1.54, 1.807) is 6.92 Å². The lowest BCUT2D eigenvalue weighted by atomic mass is 10.4. The molecule has 0 unspecified atom stereocenters. The van der Waals surface area contributed by atoms with Crippen LogP contribution in [0, 0.1) is 6.92 Å². The van der Waals surface area contributed by atoms with Gasteiger partial charge in [-0.25, -0.2) is 4.98 Å². The average Bonchev–Trinajstić information content (AvgIpc) is 2.07. The highest BCUT2D eigenvalue weighted by Gasteiger charge is 1.99. The molecule has 0 amide bonds. The number of rotatable bonds is 3. The average molecular weight is 183 g/mol. The fourth-order valence-electron chi connectivity index (χ4n) is 0.708. The zero-order chi connectivity index (χ0) is 9.84. The monoisotopic (exact) mass is 183 g/mol. The number of aromatic nitrogens is 2. The molecular weight excluding hydrogens is 174 g/mol. The third-order valence-corrected chi connectivity index (χ3v) is 1.38. The van der Waals surface area contributed by atoms with Gasteiger partial charge in [0.25, 0.3) is 5.56 Å². The first kappa shape index (κ1) is 9.24. The molecule has 13 heavy (non-hydrogen) atoms. The number of aryl methyl sites for hydroxylation is 1. The highest BCUT2D eigenvalue weighted by molar-refractivity contribution is 5.71. The number of aliphatic carboxylic acids is 1. The Bertz CT molecular complexity index is 371. The molecule has 0 spiro atoms. The van der Waals surface area contributed by atoms with Gasteiger partial charge in [0.1, 0.15) is 6.54 Å². The molecule has 6 nitrogen and oxygen atoms in total. The number of carbonyl (C=O) groups is 1. The van der Waals surface area contributed by atoms with E-state index in [9.17, 15) is 9.59 Å². The molecule has 70 valence electrons. The third kappa shape index (κ3) is 2.58. The van der Waals surface area contributed by atoms with Crippen LogP contribution in [-0.4, -0.2) is 27.6 Å². The minimum absolute atomic E-state index is 0.165. The standard InChI is InChI=1S/C7H9N3O3/c1-4-2-8-7(10-6(4)13)9-3-5(11)12/h2H,3H2,1H3,(H,11,12)(H2,8,9,10,13). The minimum atomic E-state index is -1.01. The second-order valence-electron chi connectivity index (χ2n) is 2.49. The summed E-state index contributed by atoms with van der Waals surface area (Å²) >= 11 is 0. The van der Waals surface area contributed by atoms with Gasteiger partial charge in [-0.3, -0.25) is 14.6 Å². The maximum atomic E-state index is 11.0. The number of nitrogens with zero attached hydrogens (tertiary/aromatic N) is 1. The Morgan fingerprint density at radius 1 is 1.77 bits per heavy atom. The molecule has 0 aliphatic heterocycles. The van der Waals surface area contributed by atoms with Crippen molar-refractivity contribution in [3.63, 3.8) is 0 Å². The zero-order valence-corrected chi connectivity index (χ0v) is 7.00. The molecule has 0 saturated carbocycles. The Labute approximate surface area is 73.6 Å². The van der Waals surface area contributed by atoms with Crippen molar-refractivity contribution in [3.8, 4) is 0 Å². The Morgan fingerprint density at radius 2 is 2.46 bits per heavy atom. The van der Waals surface area contributed by atoms with E-state index in [0.717, 1.165) is 0 Å². The summed E-state index contributed by atoms with van der Waals surface area (Å²) < 4.78 is 0. The Kier molecular flexibility index (Phi) is 2.63. The molecule has 1 aromatic rings. The number of hydrogen-bond donors (Lipinski definition) is 3. The van der Waals surface area contributed by atoms with Crippen LogP contribution in [0.25, 0.3) is 0 Å². The molecule has 0 aliphatic rings. The summed E-state index contributed by atoms with van der Waals surface area (Å²) in [5.74, 6) is -0.846. The van der Waals surface area contributed by atoms with Gasteiger partial charge in [0, 0.05) is 11.8 Å². The highest BCUT2D eigenvalue weighted by atomic mass is 16.4. The van der Waals surface area contributed by atoms with E-state index >= 15 is 0 Å². The molecule has 0 radical (unpaired) electrons. The van der Waals surface area contributed by atoms with Crippen molar-refractivity contribution >= 4 is 11.9 Å². The Hall–Kier alpha value is -1.85. The van der Waals surface area contributed by atoms with E-state index in [4.69, 9.17) is 5.11 Å². The van der Waals surface area contributed by atoms with Crippen LogP contribution in [0.3, 0.4) is 0 Å². The molecule has 3 N–H and O–H groups in total. The van der Waals surface area contributed by atoms with E-state index in [2.05, 4.69) is 15.3 Å². The van der Waals surface area contributed by atoms with E-state index < -0.39 is 5.97 Å². The predicted octanol–water partition coefficient (Wildman–Crippen LogP) is -0.425. The molecule has 1 aromatic heterocycles. The molecule has 0 saturated heterocycles. The van der Waals surface area contributed by atoms with Gasteiger partial charge < -0.3 is 10.4 Å². The van der Waals surface area contributed by atoms with E-state index in [1.807, 2.05) is 0 Å². The van der Waals surface area contributed by atoms with Gasteiger partial charge in [-0.15, -0.1) is 0 Å². The van der Waals surface area contributed by atoms with Crippen molar-refractivity contribution in [2.45, 2.75) is 6.92 Å². The topological polar surface area (TPSA) is 95.1 Å². The number of aromatic amines is 1. The van der Waals surface area contributed by atoms with E-state index in [-0.39, 0.29) is 18.1 Å². The SMILES string of the molecule is Cc1cnc(NCC(=O)O)[nH]c1=O. The van der Waals surface area contributed by atoms with E-state index in [0.29, 0.717) is 5.56 Å². The maximum Gasteiger partial charge on any atom is 0.322 e. The predicted molar refractivity (Wildman–Crippen MR) is 45.7 cm³/mol. The van der Waals surface area contributed by atoms with Crippen LogP contribution in [-0.2, 0) is 4.79 Å². The van der Waals surface area contributed by atoms with Crippen LogP contribution in [0.1, 0.15) is 5.56 Å². The first-order valence-corrected chi connectivity index (χ1v) is 3.61. The minimum Gasteiger partial charge on any atom is -0.480 e. The smallest absolute Gasteiger partial charge is 0.322 e. The van der Waals surface area contributed by atoms with E-state index in [1.165, 1.54) is 6.20 Å².